The summed E-state index contributed by atoms with van der Waals surface area (Å²) >= 11 is 3.35. The zero-order valence-corrected chi connectivity index (χ0v) is 7.74. The van der Waals surface area contributed by atoms with Gasteiger partial charge in [0, 0.05) is 0 Å². The molecule has 0 amide bonds. The smallest absolute Gasteiger partial charge is 0.205 e. The molecule has 0 nitrogen and oxygen atoms in total. The van der Waals surface area contributed by atoms with Crippen molar-refractivity contribution >= 4 is 45.2 Å². The maximum absolute atomic E-state index is 11.9. The molecule has 0 N–H and O–H groups in total. The summed E-state index contributed by atoms with van der Waals surface area (Å²) in [5, 5.41) is 0. The standard InChI is InChI=1S/C3H4F2I2/c4-3(5,1-6)2-7/h1-2H2. The lowest BCUT2D eigenvalue weighted by Gasteiger charge is -2.05. The van der Waals surface area contributed by atoms with Gasteiger partial charge >= 0.3 is 0 Å². The fourth-order valence-electron chi connectivity index (χ4n) is 0.0357. The highest BCUT2D eigenvalue weighted by molar-refractivity contribution is 14.1. The van der Waals surface area contributed by atoms with E-state index in [2.05, 4.69) is 0 Å². The van der Waals surface area contributed by atoms with Crippen molar-refractivity contribution in [3.63, 3.8) is 0 Å². The zero-order valence-electron chi connectivity index (χ0n) is 3.43. The Balaban J connectivity index is 3.36. The van der Waals surface area contributed by atoms with Crippen LogP contribution in [0, 0.1) is 0 Å². The molecule has 0 saturated heterocycles. The van der Waals surface area contributed by atoms with Gasteiger partial charge in [-0.2, -0.15) is 0 Å². The topological polar surface area (TPSA) is 0 Å². The molecule has 44 valence electrons. The molecule has 0 aliphatic carbocycles. The van der Waals surface area contributed by atoms with Crippen molar-refractivity contribution in [2.24, 2.45) is 0 Å². The van der Waals surface area contributed by atoms with Crippen molar-refractivity contribution in [2.45, 2.75) is 5.92 Å². The molecule has 4 heteroatoms. The van der Waals surface area contributed by atoms with E-state index in [0.717, 1.165) is 0 Å². The quantitative estimate of drug-likeness (QED) is 0.539. The SMILES string of the molecule is FC(F)(CI)CI. The van der Waals surface area contributed by atoms with Gasteiger partial charge in [0.05, 0.1) is 8.86 Å². The van der Waals surface area contributed by atoms with E-state index in [1.807, 2.05) is 0 Å². The molecule has 0 aromatic heterocycles. The molecule has 0 aliphatic rings. The first kappa shape index (κ1) is 8.32. The van der Waals surface area contributed by atoms with E-state index >= 15 is 0 Å². The van der Waals surface area contributed by atoms with Crippen molar-refractivity contribution in [3.8, 4) is 0 Å². The van der Waals surface area contributed by atoms with Gasteiger partial charge in [0.2, 0.25) is 0 Å². The van der Waals surface area contributed by atoms with Crippen LogP contribution in [0.5, 0.6) is 0 Å². The third-order valence-electron chi connectivity index (χ3n) is 0.391. The largest absolute Gasteiger partial charge is 0.265 e. The van der Waals surface area contributed by atoms with Gasteiger partial charge in [0.1, 0.15) is 0 Å². The summed E-state index contributed by atoms with van der Waals surface area (Å²) in [5.74, 6) is -2.44. The normalized spacial score (nSPS) is 12.0. The lowest BCUT2D eigenvalue weighted by Crippen LogP contribution is -2.18. The van der Waals surface area contributed by atoms with E-state index < -0.39 is 5.92 Å². The molecule has 0 aromatic rings. The van der Waals surface area contributed by atoms with Crippen LogP contribution in [0.4, 0.5) is 8.78 Å². The Hall–Kier alpha value is 1.32. The van der Waals surface area contributed by atoms with Crippen LogP contribution in [0.25, 0.3) is 0 Å². The molecule has 0 bridgehead atoms. The summed E-state index contributed by atoms with van der Waals surface area (Å²) < 4.78 is 23.6. The highest BCUT2D eigenvalue weighted by atomic mass is 127. The van der Waals surface area contributed by atoms with E-state index in [1.54, 1.807) is 45.2 Å². The van der Waals surface area contributed by atoms with Gasteiger partial charge in [-0.05, 0) is 0 Å². The van der Waals surface area contributed by atoms with E-state index in [-0.39, 0.29) is 8.86 Å². The molecule has 0 rings (SSSR count). The second-order valence-corrected chi connectivity index (χ2v) is 2.65. The van der Waals surface area contributed by atoms with Crippen LogP contribution in [0.1, 0.15) is 0 Å². The summed E-state index contributed by atoms with van der Waals surface area (Å²) in [6, 6.07) is 0. The van der Waals surface area contributed by atoms with Gasteiger partial charge in [0.15, 0.2) is 0 Å². The average molecular weight is 332 g/mol. The number of hydrogen-bond donors (Lipinski definition) is 0. The van der Waals surface area contributed by atoms with Crippen LogP contribution in [-0.4, -0.2) is 14.8 Å². The maximum Gasteiger partial charge on any atom is 0.265 e. The van der Waals surface area contributed by atoms with E-state index in [4.69, 9.17) is 0 Å². The van der Waals surface area contributed by atoms with E-state index in [0.29, 0.717) is 0 Å². The molecule has 0 atom stereocenters. The summed E-state index contributed by atoms with van der Waals surface area (Å²) in [4.78, 5) is 0. The van der Waals surface area contributed by atoms with Crippen molar-refractivity contribution in [1.29, 1.82) is 0 Å². The van der Waals surface area contributed by atoms with Gasteiger partial charge in [-0.3, -0.25) is 0 Å². The Morgan fingerprint density at radius 1 is 1.14 bits per heavy atom. The maximum atomic E-state index is 11.9. The summed E-state index contributed by atoms with van der Waals surface area (Å²) in [5.41, 5.74) is 0. The third kappa shape index (κ3) is 3.87. The van der Waals surface area contributed by atoms with Crippen LogP contribution in [-0.2, 0) is 0 Å². The molecular weight excluding hydrogens is 328 g/mol. The van der Waals surface area contributed by atoms with Gasteiger partial charge in [-0.15, -0.1) is 0 Å². The van der Waals surface area contributed by atoms with Crippen LogP contribution >= 0.6 is 45.2 Å². The van der Waals surface area contributed by atoms with Gasteiger partial charge in [0.25, 0.3) is 5.92 Å². The lowest BCUT2D eigenvalue weighted by atomic mass is 10.5. The lowest BCUT2D eigenvalue weighted by molar-refractivity contribution is 0.0615. The Labute approximate surface area is 68.3 Å². The summed E-state index contributed by atoms with van der Waals surface area (Å²) in [6.45, 7) is 0. The Morgan fingerprint density at radius 3 is 1.43 bits per heavy atom. The van der Waals surface area contributed by atoms with Crippen LogP contribution < -0.4 is 0 Å². The average Bonchev–Trinajstić information content (AvgIpc) is 1.68. The molecule has 0 spiro atoms. The molecule has 0 aliphatic heterocycles. The first-order valence-electron chi connectivity index (χ1n) is 1.62. The number of rotatable bonds is 2. The van der Waals surface area contributed by atoms with Crippen molar-refractivity contribution < 1.29 is 8.78 Å². The molecule has 7 heavy (non-hydrogen) atoms. The van der Waals surface area contributed by atoms with Crippen molar-refractivity contribution in [1.82, 2.24) is 0 Å². The number of halogens is 4. The summed E-state index contributed by atoms with van der Waals surface area (Å²) in [7, 11) is 0. The van der Waals surface area contributed by atoms with E-state index in [1.165, 1.54) is 0 Å². The zero-order chi connectivity index (χ0) is 5.91. The predicted octanol–water partition coefficient (Wildman–Crippen LogP) is 2.49. The fraction of sp³-hybridized carbons (Fsp3) is 1.00. The number of alkyl halides is 4. The molecule has 0 fully saturated rings. The minimum Gasteiger partial charge on any atom is -0.205 e. The highest BCUT2D eigenvalue weighted by Crippen LogP contribution is 2.18. The molecule has 0 radical (unpaired) electrons. The third-order valence-corrected chi connectivity index (χ3v) is 2.62. The van der Waals surface area contributed by atoms with Gasteiger partial charge in [-0.25, -0.2) is 8.78 Å². The Kier molecular flexibility index (Phi) is 4.00. The molecule has 0 unspecified atom stereocenters. The van der Waals surface area contributed by atoms with Gasteiger partial charge in [-0.1, -0.05) is 45.2 Å². The fourth-order valence-corrected chi connectivity index (χ4v) is 1.61. The van der Waals surface area contributed by atoms with Crippen molar-refractivity contribution in [3.05, 3.63) is 0 Å². The highest BCUT2D eigenvalue weighted by Gasteiger charge is 2.24. The van der Waals surface area contributed by atoms with Crippen LogP contribution in [0.15, 0.2) is 0 Å². The first-order chi connectivity index (χ1) is 3.12. The molecule has 0 saturated carbocycles. The van der Waals surface area contributed by atoms with Crippen molar-refractivity contribution in [2.75, 3.05) is 8.86 Å². The van der Waals surface area contributed by atoms with Gasteiger partial charge < -0.3 is 0 Å². The molecular formula is C3H4F2I2. The number of hydrogen-bond acceptors (Lipinski definition) is 0. The summed E-state index contributed by atoms with van der Waals surface area (Å²) in [6.07, 6.45) is 0. The van der Waals surface area contributed by atoms with Crippen LogP contribution in [0.3, 0.4) is 0 Å². The minimum absolute atomic E-state index is 0.0757. The van der Waals surface area contributed by atoms with E-state index in [9.17, 15) is 8.78 Å². The Bertz CT molecular complexity index is 48.9. The monoisotopic (exact) mass is 332 g/mol. The molecule has 0 aromatic carbocycles. The second kappa shape index (κ2) is 3.37. The van der Waals surface area contributed by atoms with Crippen LogP contribution in [0.2, 0.25) is 0 Å². The Morgan fingerprint density at radius 2 is 1.43 bits per heavy atom. The first-order valence-corrected chi connectivity index (χ1v) is 4.67. The second-order valence-electron chi connectivity index (χ2n) is 1.12. The minimum atomic E-state index is -2.44. The molecule has 0 heterocycles. The predicted molar refractivity (Wildman–Crippen MR) is 42.7 cm³/mol.